The number of aromatic nitrogens is 4. The van der Waals surface area contributed by atoms with Crippen LogP contribution >= 0.6 is 15.9 Å². The van der Waals surface area contributed by atoms with Crippen LogP contribution in [0.25, 0.3) is 55.8 Å². The molecule has 0 aliphatic heterocycles. The van der Waals surface area contributed by atoms with Gasteiger partial charge in [-0.15, -0.1) is 0 Å². The molecular weight excluding hydrogens is 580 g/mol. The van der Waals surface area contributed by atoms with Crippen molar-refractivity contribution < 1.29 is 8.83 Å². The Hall–Kier alpha value is -5.02. The lowest BCUT2D eigenvalue weighted by Gasteiger charge is -2.04. The van der Waals surface area contributed by atoms with Crippen molar-refractivity contribution in [3.63, 3.8) is 0 Å². The van der Waals surface area contributed by atoms with Crippen LogP contribution < -0.4 is 11.5 Å². The molecule has 4 heterocycles. The molecule has 204 valence electrons. The number of hydrogen-bond acceptors (Lipinski definition) is 8. The Morgan fingerprint density at radius 3 is 1.46 bits per heavy atom. The van der Waals surface area contributed by atoms with Gasteiger partial charge in [0, 0.05) is 16.7 Å². The maximum absolute atomic E-state index is 6.07. The number of benzene rings is 3. The molecule has 0 saturated heterocycles. The number of anilines is 2. The molecule has 0 spiro atoms. The van der Waals surface area contributed by atoms with E-state index in [9.17, 15) is 0 Å². The highest BCUT2D eigenvalue weighted by molar-refractivity contribution is 9.10. The fourth-order valence-corrected chi connectivity index (χ4v) is 5.00. The number of halogens is 1. The topological polar surface area (TPSA) is 130 Å². The smallest absolute Gasteiger partial charge is 0.233 e. The maximum atomic E-state index is 6.07. The zero-order chi connectivity index (χ0) is 28.8. The Bertz CT molecular complexity index is 1890. The molecule has 0 bridgehead atoms. The lowest BCUT2D eigenvalue weighted by Crippen LogP contribution is -1.92. The largest absolute Gasteiger partial charge is 0.437 e. The first-order valence-corrected chi connectivity index (χ1v) is 13.8. The molecule has 7 aromatic rings. The van der Waals surface area contributed by atoms with E-state index in [4.69, 9.17) is 20.3 Å². The van der Waals surface area contributed by atoms with E-state index in [1.54, 1.807) is 0 Å². The Kier molecular flexibility index (Phi) is 8.36. The second-order valence-corrected chi connectivity index (χ2v) is 9.25. The first-order chi connectivity index (χ1) is 20.1. The average molecular weight is 608 g/mol. The maximum Gasteiger partial charge on any atom is 0.233 e. The molecule has 0 unspecified atom stereocenters. The highest BCUT2D eigenvalue weighted by atomic mass is 79.9. The number of rotatable bonds is 3. The first-order valence-electron chi connectivity index (χ1n) is 13.0. The van der Waals surface area contributed by atoms with Crippen molar-refractivity contribution in [3.8, 4) is 33.6 Å². The summed E-state index contributed by atoms with van der Waals surface area (Å²) >= 11 is 3.39. The predicted octanol–water partition coefficient (Wildman–Crippen LogP) is 8.40. The van der Waals surface area contributed by atoms with Crippen molar-refractivity contribution in [2.75, 3.05) is 11.5 Å². The van der Waals surface area contributed by atoms with Crippen molar-refractivity contribution in [1.82, 2.24) is 19.9 Å². The third-order valence-electron chi connectivity index (χ3n) is 6.15. The number of nitrogen functional groups attached to an aromatic ring is 2. The van der Waals surface area contributed by atoms with Crippen molar-refractivity contribution in [1.29, 1.82) is 0 Å². The van der Waals surface area contributed by atoms with Gasteiger partial charge in [0.05, 0.1) is 10.8 Å². The minimum Gasteiger partial charge on any atom is -0.437 e. The van der Waals surface area contributed by atoms with Gasteiger partial charge < -0.3 is 20.3 Å². The van der Waals surface area contributed by atoms with Crippen molar-refractivity contribution >= 4 is 49.8 Å². The predicted molar refractivity (Wildman–Crippen MR) is 168 cm³/mol. The summed E-state index contributed by atoms with van der Waals surface area (Å²) in [4.78, 5) is 16.4. The van der Waals surface area contributed by atoms with Crippen LogP contribution in [0.15, 0.2) is 117 Å². The molecular formula is C32H27BrN6O2. The molecule has 0 saturated carbocycles. The van der Waals surface area contributed by atoms with Gasteiger partial charge in [-0.25, -0.2) is 19.9 Å². The number of fused-ring (bicyclic) bond motifs is 2. The molecule has 0 atom stereocenters. The summed E-state index contributed by atoms with van der Waals surface area (Å²) in [6.07, 6.45) is 2.81. The second kappa shape index (κ2) is 12.4. The van der Waals surface area contributed by atoms with Crippen LogP contribution in [0.1, 0.15) is 13.8 Å². The Labute approximate surface area is 245 Å². The van der Waals surface area contributed by atoms with E-state index >= 15 is 0 Å². The van der Waals surface area contributed by atoms with Crippen LogP contribution in [-0.2, 0) is 0 Å². The summed E-state index contributed by atoms with van der Waals surface area (Å²) in [5.41, 5.74) is 17.8. The minimum atomic E-state index is 0.420. The average Bonchev–Trinajstić information content (AvgIpc) is 3.59. The highest BCUT2D eigenvalue weighted by Crippen LogP contribution is 2.42. The standard InChI is InChI=1S/C18H13N3O.C12H8BrN3O.C2H6/c19-17-15-14(12-7-3-1-4-8-12)16(13-9-5-2-6-10-13)22-18(15)21-11-20-17;13-10-8(7-4-2-1-3-5-7)9-11(14)15-6-16-12(9)17-10;1-2/h1-11H,(H2,19,20,21);1-6H,(H2,14,15,16);1-2H3. The van der Waals surface area contributed by atoms with Gasteiger partial charge in [-0.1, -0.05) is 105 Å². The van der Waals surface area contributed by atoms with Crippen LogP contribution in [0.5, 0.6) is 0 Å². The van der Waals surface area contributed by atoms with E-state index < -0.39 is 0 Å². The normalized spacial score (nSPS) is 10.5. The van der Waals surface area contributed by atoms with Crippen LogP contribution in [0.4, 0.5) is 11.6 Å². The third kappa shape index (κ3) is 5.53. The summed E-state index contributed by atoms with van der Waals surface area (Å²) in [6.45, 7) is 4.00. The van der Waals surface area contributed by atoms with Gasteiger partial charge >= 0.3 is 0 Å². The minimum absolute atomic E-state index is 0.420. The quantitative estimate of drug-likeness (QED) is 0.205. The van der Waals surface area contributed by atoms with Crippen molar-refractivity contribution in [2.24, 2.45) is 0 Å². The highest BCUT2D eigenvalue weighted by Gasteiger charge is 2.21. The summed E-state index contributed by atoms with van der Waals surface area (Å²) in [7, 11) is 0. The zero-order valence-electron chi connectivity index (χ0n) is 22.5. The van der Waals surface area contributed by atoms with Crippen LogP contribution in [0, 0.1) is 0 Å². The molecule has 0 aliphatic rings. The van der Waals surface area contributed by atoms with Crippen molar-refractivity contribution in [3.05, 3.63) is 108 Å². The Morgan fingerprint density at radius 2 is 0.951 bits per heavy atom. The molecule has 4 N–H and O–H groups in total. The van der Waals surface area contributed by atoms with E-state index in [1.807, 2.05) is 105 Å². The molecule has 0 radical (unpaired) electrons. The van der Waals surface area contributed by atoms with E-state index in [0.717, 1.165) is 44.3 Å². The Balaban J connectivity index is 0.000000160. The van der Waals surface area contributed by atoms with E-state index in [2.05, 4.69) is 35.9 Å². The van der Waals surface area contributed by atoms with Gasteiger partial charge in [0.2, 0.25) is 11.4 Å². The number of nitrogens with zero attached hydrogens (tertiary/aromatic N) is 4. The van der Waals surface area contributed by atoms with E-state index in [-0.39, 0.29) is 0 Å². The molecule has 41 heavy (non-hydrogen) atoms. The van der Waals surface area contributed by atoms with E-state index in [0.29, 0.717) is 27.7 Å². The molecule has 8 nitrogen and oxygen atoms in total. The summed E-state index contributed by atoms with van der Waals surface area (Å²) in [6, 6.07) is 29.8. The Morgan fingerprint density at radius 1 is 0.537 bits per heavy atom. The lowest BCUT2D eigenvalue weighted by molar-refractivity contribution is 0.576. The molecule has 7 rings (SSSR count). The molecule has 3 aromatic carbocycles. The van der Waals surface area contributed by atoms with Gasteiger partial charge in [0.25, 0.3) is 0 Å². The first kappa shape index (κ1) is 27.5. The van der Waals surface area contributed by atoms with Gasteiger partial charge in [-0.2, -0.15) is 0 Å². The third-order valence-corrected chi connectivity index (χ3v) is 6.71. The molecule has 4 aromatic heterocycles. The second-order valence-electron chi connectivity index (χ2n) is 8.53. The SMILES string of the molecule is CC.Nc1ncnc2oc(-c3ccccc3)c(-c3ccccc3)c12.Nc1ncnc2oc(Br)c(-c3ccccc3)c12. The monoisotopic (exact) mass is 606 g/mol. The number of hydrogen-bond donors (Lipinski definition) is 2. The van der Waals surface area contributed by atoms with Crippen molar-refractivity contribution in [2.45, 2.75) is 13.8 Å². The van der Waals surface area contributed by atoms with Gasteiger partial charge in [-0.05, 0) is 27.1 Å². The number of nitrogens with two attached hydrogens (primary N) is 2. The number of furan rings is 2. The summed E-state index contributed by atoms with van der Waals surface area (Å²) in [5.74, 6) is 1.60. The van der Waals surface area contributed by atoms with Gasteiger partial charge in [-0.3, -0.25) is 0 Å². The van der Waals surface area contributed by atoms with Crippen LogP contribution in [0.2, 0.25) is 0 Å². The van der Waals surface area contributed by atoms with Crippen LogP contribution in [0.3, 0.4) is 0 Å². The summed E-state index contributed by atoms with van der Waals surface area (Å²) < 4.78 is 12.1. The molecule has 0 amide bonds. The molecule has 9 heteroatoms. The van der Waals surface area contributed by atoms with Gasteiger partial charge in [0.1, 0.15) is 30.1 Å². The zero-order valence-corrected chi connectivity index (χ0v) is 24.0. The van der Waals surface area contributed by atoms with Crippen LogP contribution in [-0.4, -0.2) is 19.9 Å². The fraction of sp³-hybridized carbons (Fsp3) is 0.0625. The van der Waals surface area contributed by atoms with E-state index in [1.165, 1.54) is 12.7 Å². The molecule has 0 aliphatic carbocycles. The molecule has 0 fully saturated rings. The fourth-order valence-electron chi connectivity index (χ4n) is 4.42. The van der Waals surface area contributed by atoms with Gasteiger partial charge in [0.15, 0.2) is 4.67 Å². The summed E-state index contributed by atoms with van der Waals surface area (Å²) in [5, 5.41) is 1.50. The lowest BCUT2D eigenvalue weighted by atomic mass is 9.99.